The lowest BCUT2D eigenvalue weighted by Crippen LogP contribution is -2.41. The van der Waals surface area contributed by atoms with Crippen LogP contribution in [0.1, 0.15) is 44.7 Å². The van der Waals surface area contributed by atoms with Crippen LogP contribution in [-0.4, -0.2) is 23.8 Å². The fourth-order valence-corrected chi connectivity index (χ4v) is 2.31. The SMILES string of the molecule is Cc1ccc(CC(NC(C)CCCO)C(C)C)cc1. The molecule has 19 heavy (non-hydrogen) atoms. The Hall–Kier alpha value is -0.860. The molecular formula is C17H29NO. The minimum Gasteiger partial charge on any atom is -0.396 e. The van der Waals surface area contributed by atoms with E-state index in [0.29, 0.717) is 18.0 Å². The Morgan fingerprint density at radius 1 is 1.11 bits per heavy atom. The summed E-state index contributed by atoms with van der Waals surface area (Å²) in [5.41, 5.74) is 2.71. The van der Waals surface area contributed by atoms with Gasteiger partial charge in [0.25, 0.3) is 0 Å². The summed E-state index contributed by atoms with van der Waals surface area (Å²) in [6.45, 7) is 9.16. The highest BCUT2D eigenvalue weighted by atomic mass is 16.2. The number of hydrogen-bond donors (Lipinski definition) is 2. The number of rotatable bonds is 8. The van der Waals surface area contributed by atoms with Crippen LogP contribution in [0.2, 0.25) is 0 Å². The van der Waals surface area contributed by atoms with Crippen LogP contribution in [0.5, 0.6) is 0 Å². The highest BCUT2D eigenvalue weighted by molar-refractivity contribution is 5.22. The van der Waals surface area contributed by atoms with Crippen LogP contribution < -0.4 is 5.32 Å². The van der Waals surface area contributed by atoms with E-state index in [4.69, 9.17) is 5.11 Å². The van der Waals surface area contributed by atoms with E-state index in [9.17, 15) is 0 Å². The predicted octanol–water partition coefficient (Wildman–Crippen LogP) is 3.31. The van der Waals surface area contributed by atoms with Crippen LogP contribution >= 0.6 is 0 Å². The molecule has 0 aromatic heterocycles. The van der Waals surface area contributed by atoms with Crippen molar-refractivity contribution >= 4 is 0 Å². The van der Waals surface area contributed by atoms with Crippen molar-refractivity contribution in [3.05, 3.63) is 35.4 Å². The van der Waals surface area contributed by atoms with Gasteiger partial charge in [-0.3, -0.25) is 0 Å². The van der Waals surface area contributed by atoms with E-state index < -0.39 is 0 Å². The van der Waals surface area contributed by atoms with Gasteiger partial charge in [-0.1, -0.05) is 43.7 Å². The number of hydrogen-bond acceptors (Lipinski definition) is 2. The van der Waals surface area contributed by atoms with Crippen molar-refractivity contribution in [1.29, 1.82) is 0 Å². The van der Waals surface area contributed by atoms with Crippen molar-refractivity contribution in [2.24, 2.45) is 5.92 Å². The Morgan fingerprint density at radius 2 is 1.74 bits per heavy atom. The maximum Gasteiger partial charge on any atom is 0.0431 e. The smallest absolute Gasteiger partial charge is 0.0431 e. The van der Waals surface area contributed by atoms with E-state index >= 15 is 0 Å². The molecule has 0 saturated carbocycles. The third-order valence-electron chi connectivity index (χ3n) is 3.67. The Labute approximate surface area is 118 Å². The van der Waals surface area contributed by atoms with Gasteiger partial charge < -0.3 is 10.4 Å². The predicted molar refractivity (Wildman–Crippen MR) is 82.4 cm³/mol. The van der Waals surface area contributed by atoms with E-state index in [-0.39, 0.29) is 6.61 Å². The molecule has 0 bridgehead atoms. The van der Waals surface area contributed by atoms with Crippen LogP contribution in [0.25, 0.3) is 0 Å². The zero-order valence-corrected chi connectivity index (χ0v) is 12.8. The molecule has 2 nitrogen and oxygen atoms in total. The summed E-state index contributed by atoms with van der Waals surface area (Å²) in [4.78, 5) is 0. The van der Waals surface area contributed by atoms with Crippen molar-refractivity contribution < 1.29 is 5.11 Å². The first-order valence-electron chi connectivity index (χ1n) is 7.45. The summed E-state index contributed by atoms with van der Waals surface area (Å²) in [7, 11) is 0. The van der Waals surface area contributed by atoms with Gasteiger partial charge in [-0.2, -0.15) is 0 Å². The van der Waals surface area contributed by atoms with E-state index in [2.05, 4.69) is 57.3 Å². The van der Waals surface area contributed by atoms with E-state index in [1.165, 1.54) is 11.1 Å². The first kappa shape index (κ1) is 16.2. The van der Waals surface area contributed by atoms with Crippen molar-refractivity contribution in [3.8, 4) is 0 Å². The topological polar surface area (TPSA) is 32.3 Å². The van der Waals surface area contributed by atoms with Gasteiger partial charge in [-0.25, -0.2) is 0 Å². The monoisotopic (exact) mass is 263 g/mol. The van der Waals surface area contributed by atoms with Crippen LogP contribution in [0.15, 0.2) is 24.3 Å². The van der Waals surface area contributed by atoms with Gasteiger partial charge in [0.05, 0.1) is 0 Å². The Bertz CT molecular complexity index is 345. The highest BCUT2D eigenvalue weighted by Crippen LogP contribution is 2.13. The van der Waals surface area contributed by atoms with E-state index in [1.807, 2.05) is 0 Å². The zero-order chi connectivity index (χ0) is 14.3. The van der Waals surface area contributed by atoms with Gasteiger partial charge in [-0.05, 0) is 44.6 Å². The first-order valence-corrected chi connectivity index (χ1v) is 7.45. The van der Waals surface area contributed by atoms with Crippen molar-refractivity contribution in [2.75, 3.05) is 6.61 Å². The molecule has 108 valence electrons. The second kappa shape index (κ2) is 8.34. The minimum atomic E-state index is 0.288. The lowest BCUT2D eigenvalue weighted by Gasteiger charge is -2.26. The summed E-state index contributed by atoms with van der Waals surface area (Å²) in [6.07, 6.45) is 2.98. The van der Waals surface area contributed by atoms with Gasteiger partial charge in [0.1, 0.15) is 0 Å². The van der Waals surface area contributed by atoms with Gasteiger partial charge in [-0.15, -0.1) is 0 Å². The maximum atomic E-state index is 8.89. The summed E-state index contributed by atoms with van der Waals surface area (Å²) in [5.74, 6) is 0.609. The van der Waals surface area contributed by atoms with Gasteiger partial charge >= 0.3 is 0 Å². The molecule has 2 heteroatoms. The lowest BCUT2D eigenvalue weighted by atomic mass is 9.95. The second-order valence-corrected chi connectivity index (χ2v) is 5.97. The largest absolute Gasteiger partial charge is 0.396 e. The number of aliphatic hydroxyl groups is 1. The van der Waals surface area contributed by atoms with Gasteiger partial charge in [0.15, 0.2) is 0 Å². The highest BCUT2D eigenvalue weighted by Gasteiger charge is 2.16. The average Bonchev–Trinajstić information content (AvgIpc) is 2.38. The molecule has 0 heterocycles. The molecule has 0 radical (unpaired) electrons. The van der Waals surface area contributed by atoms with Crippen molar-refractivity contribution in [1.82, 2.24) is 5.32 Å². The van der Waals surface area contributed by atoms with Crippen LogP contribution in [0.3, 0.4) is 0 Å². The molecule has 0 aliphatic heterocycles. The summed E-state index contributed by atoms with van der Waals surface area (Å²) in [5, 5.41) is 12.6. The first-order chi connectivity index (χ1) is 9.02. The number of nitrogens with one attached hydrogen (secondary N) is 1. The molecule has 1 aromatic carbocycles. The van der Waals surface area contributed by atoms with Crippen LogP contribution in [-0.2, 0) is 6.42 Å². The fraction of sp³-hybridized carbons (Fsp3) is 0.647. The van der Waals surface area contributed by atoms with Gasteiger partial charge in [0, 0.05) is 18.7 Å². The van der Waals surface area contributed by atoms with Crippen molar-refractivity contribution in [3.63, 3.8) is 0 Å². The van der Waals surface area contributed by atoms with Gasteiger partial charge in [0.2, 0.25) is 0 Å². The Kier molecular flexibility index (Phi) is 7.11. The third kappa shape index (κ3) is 6.22. The molecule has 2 N–H and O–H groups in total. The molecule has 1 rings (SSSR count). The molecule has 2 atom stereocenters. The zero-order valence-electron chi connectivity index (χ0n) is 12.8. The second-order valence-electron chi connectivity index (χ2n) is 5.97. The number of aliphatic hydroxyl groups excluding tert-OH is 1. The van der Waals surface area contributed by atoms with E-state index in [0.717, 1.165) is 19.3 Å². The number of aryl methyl sites for hydroxylation is 1. The molecule has 1 aromatic rings. The minimum absolute atomic E-state index is 0.288. The summed E-state index contributed by atoms with van der Waals surface area (Å²) < 4.78 is 0. The molecule has 0 aliphatic rings. The normalized spacial score (nSPS) is 14.6. The lowest BCUT2D eigenvalue weighted by molar-refractivity contribution is 0.268. The van der Waals surface area contributed by atoms with E-state index in [1.54, 1.807) is 0 Å². The third-order valence-corrected chi connectivity index (χ3v) is 3.67. The summed E-state index contributed by atoms with van der Waals surface area (Å²) >= 11 is 0. The Balaban J connectivity index is 2.55. The maximum absolute atomic E-state index is 8.89. The molecule has 0 amide bonds. The molecule has 0 spiro atoms. The molecule has 0 fully saturated rings. The molecular weight excluding hydrogens is 234 g/mol. The molecule has 0 saturated heterocycles. The standard InChI is InChI=1S/C17H29NO/c1-13(2)17(18-15(4)6-5-11-19)12-16-9-7-14(3)8-10-16/h7-10,13,15,17-19H,5-6,11-12H2,1-4H3. The fourth-order valence-electron chi connectivity index (χ4n) is 2.31. The quantitative estimate of drug-likeness (QED) is 0.754. The van der Waals surface area contributed by atoms with Crippen molar-refractivity contribution in [2.45, 2.75) is 59.0 Å². The average molecular weight is 263 g/mol. The number of benzene rings is 1. The Morgan fingerprint density at radius 3 is 2.26 bits per heavy atom. The summed E-state index contributed by atoms with van der Waals surface area (Å²) in [6, 6.07) is 9.78. The van der Waals surface area contributed by atoms with Crippen LogP contribution in [0, 0.1) is 12.8 Å². The molecule has 0 aliphatic carbocycles. The molecule has 2 unspecified atom stereocenters. The van der Waals surface area contributed by atoms with Crippen LogP contribution in [0.4, 0.5) is 0 Å².